The second-order valence-corrected chi connectivity index (χ2v) is 5.81. The summed E-state index contributed by atoms with van der Waals surface area (Å²) < 4.78 is 13.3. The molecular weight excluding hydrogens is 273 g/mol. The fourth-order valence-electron chi connectivity index (χ4n) is 2.93. The average Bonchev–Trinajstić information content (AvgIpc) is 2.81. The molecule has 0 saturated carbocycles. The molecule has 2 unspecified atom stereocenters. The Balaban J connectivity index is 1.77. The third-order valence-electron chi connectivity index (χ3n) is 3.98. The van der Waals surface area contributed by atoms with E-state index in [1.165, 1.54) is 17.2 Å². The molecule has 2 atom stereocenters. The molecule has 3 heteroatoms. The summed E-state index contributed by atoms with van der Waals surface area (Å²) in [5.41, 5.74) is 3.62. The first-order valence-corrected chi connectivity index (χ1v) is 7.31. The topological polar surface area (TPSA) is 12.0 Å². The number of rotatable bonds is 3. The molecule has 3 rings (SSSR count). The van der Waals surface area contributed by atoms with E-state index < -0.39 is 0 Å². The molecule has 1 nitrogen and oxygen atoms in total. The fraction of sp³-hybridized carbons (Fsp3) is 0.294. The van der Waals surface area contributed by atoms with E-state index in [-0.39, 0.29) is 11.9 Å². The van der Waals surface area contributed by atoms with Crippen LogP contribution >= 0.6 is 11.6 Å². The second kappa shape index (κ2) is 5.55. The Labute approximate surface area is 123 Å². The SMILES string of the molecule is CC(NC1CCc2cc(Cl)ccc21)c1cccc(F)c1. The average molecular weight is 290 g/mol. The lowest BCUT2D eigenvalue weighted by molar-refractivity contribution is 0.463. The van der Waals surface area contributed by atoms with Crippen molar-refractivity contribution in [2.75, 3.05) is 0 Å². The molecule has 0 fully saturated rings. The van der Waals surface area contributed by atoms with E-state index in [2.05, 4.69) is 18.3 Å². The van der Waals surface area contributed by atoms with Gasteiger partial charge in [0, 0.05) is 17.1 Å². The van der Waals surface area contributed by atoms with Crippen LogP contribution in [0.1, 0.15) is 42.1 Å². The number of benzene rings is 2. The van der Waals surface area contributed by atoms with E-state index in [9.17, 15) is 4.39 Å². The Morgan fingerprint density at radius 1 is 1.25 bits per heavy atom. The second-order valence-electron chi connectivity index (χ2n) is 5.38. The molecule has 0 bridgehead atoms. The fourth-order valence-corrected chi connectivity index (χ4v) is 3.13. The summed E-state index contributed by atoms with van der Waals surface area (Å²) in [6.07, 6.45) is 2.11. The van der Waals surface area contributed by atoms with Crippen molar-refractivity contribution in [3.63, 3.8) is 0 Å². The van der Waals surface area contributed by atoms with Crippen LogP contribution in [-0.4, -0.2) is 0 Å². The van der Waals surface area contributed by atoms with Crippen LogP contribution in [0.3, 0.4) is 0 Å². The molecule has 0 spiro atoms. The molecule has 1 aliphatic carbocycles. The Morgan fingerprint density at radius 2 is 2.10 bits per heavy atom. The Bertz CT molecular complexity index is 626. The molecule has 2 aromatic rings. The third-order valence-corrected chi connectivity index (χ3v) is 4.22. The van der Waals surface area contributed by atoms with Gasteiger partial charge in [0.05, 0.1) is 0 Å². The number of hydrogen-bond acceptors (Lipinski definition) is 1. The Kier molecular flexibility index (Phi) is 3.77. The highest BCUT2D eigenvalue weighted by Gasteiger charge is 2.24. The van der Waals surface area contributed by atoms with Crippen molar-refractivity contribution in [1.29, 1.82) is 0 Å². The normalized spacial score (nSPS) is 18.9. The molecule has 1 aliphatic rings. The van der Waals surface area contributed by atoms with Crippen LogP contribution in [0.15, 0.2) is 42.5 Å². The van der Waals surface area contributed by atoms with Gasteiger partial charge in [0.25, 0.3) is 0 Å². The number of fused-ring (bicyclic) bond motifs is 1. The maximum absolute atomic E-state index is 13.3. The van der Waals surface area contributed by atoms with Gasteiger partial charge in [-0.3, -0.25) is 0 Å². The van der Waals surface area contributed by atoms with Gasteiger partial charge >= 0.3 is 0 Å². The molecule has 0 amide bonds. The number of aryl methyl sites for hydroxylation is 1. The van der Waals surface area contributed by atoms with Crippen molar-refractivity contribution in [3.05, 3.63) is 70.0 Å². The van der Waals surface area contributed by atoms with Crippen molar-refractivity contribution in [2.24, 2.45) is 0 Å². The Hall–Kier alpha value is -1.38. The lowest BCUT2D eigenvalue weighted by atomic mass is 10.0. The maximum Gasteiger partial charge on any atom is 0.123 e. The minimum absolute atomic E-state index is 0.123. The van der Waals surface area contributed by atoms with E-state index in [0.717, 1.165) is 23.4 Å². The first-order chi connectivity index (χ1) is 9.63. The zero-order valence-corrected chi connectivity index (χ0v) is 12.1. The van der Waals surface area contributed by atoms with Crippen LogP contribution in [-0.2, 0) is 6.42 Å². The lowest BCUT2D eigenvalue weighted by Crippen LogP contribution is -2.23. The van der Waals surface area contributed by atoms with Crippen LogP contribution < -0.4 is 5.32 Å². The van der Waals surface area contributed by atoms with Gasteiger partial charge in [-0.25, -0.2) is 4.39 Å². The molecule has 0 saturated heterocycles. The third kappa shape index (κ3) is 2.72. The molecule has 1 N–H and O–H groups in total. The smallest absolute Gasteiger partial charge is 0.123 e. The summed E-state index contributed by atoms with van der Waals surface area (Å²) in [6.45, 7) is 2.07. The zero-order valence-electron chi connectivity index (χ0n) is 11.4. The lowest BCUT2D eigenvalue weighted by Gasteiger charge is -2.21. The van der Waals surface area contributed by atoms with Crippen molar-refractivity contribution < 1.29 is 4.39 Å². The highest BCUT2D eigenvalue weighted by molar-refractivity contribution is 6.30. The summed E-state index contributed by atoms with van der Waals surface area (Å²) in [5, 5.41) is 4.38. The molecule has 0 aliphatic heterocycles. The number of nitrogens with one attached hydrogen (secondary N) is 1. The zero-order chi connectivity index (χ0) is 14.1. The molecule has 0 aromatic heterocycles. The van der Waals surface area contributed by atoms with Crippen LogP contribution in [0.2, 0.25) is 5.02 Å². The van der Waals surface area contributed by atoms with Crippen molar-refractivity contribution in [2.45, 2.75) is 31.8 Å². The first-order valence-electron chi connectivity index (χ1n) is 6.93. The molecular formula is C17H17ClFN. The quantitative estimate of drug-likeness (QED) is 0.854. The molecule has 20 heavy (non-hydrogen) atoms. The maximum atomic E-state index is 13.3. The summed E-state index contributed by atoms with van der Waals surface area (Å²) in [7, 11) is 0. The molecule has 0 heterocycles. The summed E-state index contributed by atoms with van der Waals surface area (Å²) >= 11 is 6.03. The highest BCUT2D eigenvalue weighted by atomic mass is 35.5. The van der Waals surface area contributed by atoms with E-state index in [1.54, 1.807) is 12.1 Å². The van der Waals surface area contributed by atoms with Crippen LogP contribution in [0.5, 0.6) is 0 Å². The predicted molar refractivity (Wildman–Crippen MR) is 80.5 cm³/mol. The van der Waals surface area contributed by atoms with E-state index in [4.69, 9.17) is 11.6 Å². The summed E-state index contributed by atoms with van der Waals surface area (Å²) in [4.78, 5) is 0. The van der Waals surface area contributed by atoms with E-state index >= 15 is 0 Å². The van der Waals surface area contributed by atoms with Crippen molar-refractivity contribution >= 4 is 11.6 Å². The van der Waals surface area contributed by atoms with Crippen LogP contribution in [0.4, 0.5) is 4.39 Å². The number of halogens is 2. The Morgan fingerprint density at radius 3 is 2.90 bits per heavy atom. The largest absolute Gasteiger partial charge is 0.303 e. The first kappa shape index (κ1) is 13.6. The van der Waals surface area contributed by atoms with Gasteiger partial charge in [0.1, 0.15) is 5.82 Å². The summed E-state index contributed by atoms with van der Waals surface area (Å²) in [5.74, 6) is -0.185. The van der Waals surface area contributed by atoms with Gasteiger partial charge in [0.15, 0.2) is 0 Å². The minimum atomic E-state index is -0.185. The van der Waals surface area contributed by atoms with Gasteiger partial charge in [-0.15, -0.1) is 0 Å². The van der Waals surface area contributed by atoms with Crippen molar-refractivity contribution in [1.82, 2.24) is 5.32 Å². The molecule has 104 valence electrons. The van der Waals surface area contributed by atoms with Gasteiger partial charge in [-0.1, -0.05) is 29.8 Å². The minimum Gasteiger partial charge on any atom is -0.303 e. The molecule has 0 radical (unpaired) electrons. The van der Waals surface area contributed by atoms with Gasteiger partial charge in [-0.2, -0.15) is 0 Å². The monoisotopic (exact) mass is 289 g/mol. The standard InChI is InChI=1S/C17H17ClFN/c1-11(12-3-2-4-15(19)10-12)20-17-8-5-13-9-14(18)6-7-16(13)17/h2-4,6-7,9-11,17,20H,5,8H2,1H3. The number of hydrogen-bond donors (Lipinski definition) is 1. The highest BCUT2D eigenvalue weighted by Crippen LogP contribution is 2.34. The van der Waals surface area contributed by atoms with Gasteiger partial charge in [-0.05, 0) is 60.7 Å². The van der Waals surface area contributed by atoms with E-state index in [0.29, 0.717) is 6.04 Å². The predicted octanol–water partition coefficient (Wildman–Crippen LogP) is 4.82. The van der Waals surface area contributed by atoms with Crippen LogP contribution in [0.25, 0.3) is 0 Å². The van der Waals surface area contributed by atoms with Gasteiger partial charge in [0.2, 0.25) is 0 Å². The van der Waals surface area contributed by atoms with E-state index in [1.807, 2.05) is 18.2 Å². The van der Waals surface area contributed by atoms with Crippen LogP contribution in [0, 0.1) is 5.82 Å². The summed E-state index contributed by atoms with van der Waals surface area (Å²) in [6, 6.07) is 13.3. The van der Waals surface area contributed by atoms with Crippen molar-refractivity contribution in [3.8, 4) is 0 Å². The van der Waals surface area contributed by atoms with Gasteiger partial charge < -0.3 is 5.32 Å². The molecule has 2 aromatic carbocycles.